The lowest BCUT2D eigenvalue weighted by atomic mass is 10.2. The largest absolute Gasteiger partial charge is 0.494 e. The maximum atomic E-state index is 12.3. The number of anilines is 1. The molecule has 0 aliphatic rings. The topological polar surface area (TPSA) is 84.9 Å². The summed E-state index contributed by atoms with van der Waals surface area (Å²) in [6.07, 6.45) is 0.505. The second kappa shape index (κ2) is 9.32. The van der Waals surface area contributed by atoms with Gasteiger partial charge in [-0.15, -0.1) is 0 Å². The van der Waals surface area contributed by atoms with Gasteiger partial charge >= 0.3 is 5.97 Å². The fraction of sp³-hybridized carbons (Fsp3) is 0.263. The van der Waals surface area contributed by atoms with Gasteiger partial charge in [0.15, 0.2) is 0 Å². The van der Waals surface area contributed by atoms with Crippen molar-refractivity contribution < 1.29 is 24.2 Å². The van der Waals surface area contributed by atoms with E-state index in [4.69, 9.17) is 14.6 Å². The van der Waals surface area contributed by atoms with Crippen LogP contribution in [0.3, 0.4) is 0 Å². The number of nitrogens with one attached hydrogen (secondary N) is 1. The van der Waals surface area contributed by atoms with Gasteiger partial charge in [-0.3, -0.25) is 9.59 Å². The smallest absolute Gasteiger partial charge is 0.303 e. The number of hydrogen-bond acceptors (Lipinski definition) is 4. The van der Waals surface area contributed by atoms with Crippen molar-refractivity contribution in [3.8, 4) is 11.5 Å². The summed E-state index contributed by atoms with van der Waals surface area (Å²) < 4.78 is 10.9. The van der Waals surface area contributed by atoms with Gasteiger partial charge in [0, 0.05) is 12.0 Å². The number of carbonyl (C=O) groups excluding carboxylic acids is 1. The van der Waals surface area contributed by atoms with Crippen LogP contribution >= 0.6 is 0 Å². The summed E-state index contributed by atoms with van der Waals surface area (Å²) in [5, 5.41) is 11.4. The molecule has 2 rings (SSSR count). The molecular weight excluding hydrogens is 322 g/mol. The zero-order valence-electron chi connectivity index (χ0n) is 14.0. The van der Waals surface area contributed by atoms with E-state index in [1.165, 1.54) is 0 Å². The van der Waals surface area contributed by atoms with Crippen LogP contribution < -0.4 is 14.8 Å². The monoisotopic (exact) mass is 343 g/mol. The highest BCUT2D eigenvalue weighted by atomic mass is 16.5. The van der Waals surface area contributed by atoms with Crippen LogP contribution in [0.5, 0.6) is 11.5 Å². The van der Waals surface area contributed by atoms with Gasteiger partial charge in [0.1, 0.15) is 11.5 Å². The molecule has 1 amide bonds. The number of para-hydroxylation sites is 2. The predicted octanol–water partition coefficient (Wildman–Crippen LogP) is 3.58. The summed E-state index contributed by atoms with van der Waals surface area (Å²) in [4.78, 5) is 22.8. The average molecular weight is 343 g/mol. The molecule has 0 aliphatic heterocycles. The lowest BCUT2D eigenvalue weighted by Crippen LogP contribution is -2.13. The molecule has 0 unspecified atom stereocenters. The molecule has 0 saturated heterocycles. The molecule has 6 nitrogen and oxygen atoms in total. The van der Waals surface area contributed by atoms with E-state index in [0.29, 0.717) is 42.4 Å². The summed E-state index contributed by atoms with van der Waals surface area (Å²) >= 11 is 0. The predicted molar refractivity (Wildman–Crippen MR) is 94.4 cm³/mol. The van der Waals surface area contributed by atoms with E-state index in [9.17, 15) is 9.59 Å². The van der Waals surface area contributed by atoms with Crippen LogP contribution in [0.2, 0.25) is 0 Å². The molecule has 0 atom stereocenters. The van der Waals surface area contributed by atoms with E-state index in [1.54, 1.807) is 36.4 Å². The fourth-order valence-electron chi connectivity index (χ4n) is 2.16. The van der Waals surface area contributed by atoms with Crippen molar-refractivity contribution in [3.63, 3.8) is 0 Å². The van der Waals surface area contributed by atoms with Gasteiger partial charge in [0.2, 0.25) is 0 Å². The summed E-state index contributed by atoms with van der Waals surface area (Å²) in [5.74, 6) is 0.126. The molecule has 0 aliphatic carbocycles. The Labute approximate surface area is 146 Å². The van der Waals surface area contributed by atoms with E-state index in [-0.39, 0.29) is 12.3 Å². The Morgan fingerprint density at radius 1 is 1.04 bits per heavy atom. The van der Waals surface area contributed by atoms with Crippen LogP contribution in [0.15, 0.2) is 48.5 Å². The third-order valence-corrected chi connectivity index (χ3v) is 3.36. The lowest BCUT2D eigenvalue weighted by Gasteiger charge is -2.11. The highest BCUT2D eigenvalue weighted by Crippen LogP contribution is 2.24. The Hall–Kier alpha value is -3.02. The number of rotatable bonds is 9. The SMILES string of the molecule is CCOc1ccccc1NC(=O)c1ccc(OCCCC(=O)O)cc1. The number of carboxylic acid groups (broad SMARTS) is 1. The molecule has 0 heterocycles. The Balaban J connectivity index is 1.93. The highest BCUT2D eigenvalue weighted by Gasteiger charge is 2.10. The van der Waals surface area contributed by atoms with Crippen molar-refractivity contribution in [2.24, 2.45) is 0 Å². The van der Waals surface area contributed by atoms with Crippen LogP contribution in [0.25, 0.3) is 0 Å². The number of benzene rings is 2. The second-order valence-electron chi connectivity index (χ2n) is 5.25. The van der Waals surface area contributed by atoms with Crippen molar-refractivity contribution >= 4 is 17.6 Å². The molecule has 6 heteroatoms. The molecule has 0 radical (unpaired) electrons. The average Bonchev–Trinajstić information content (AvgIpc) is 2.61. The Morgan fingerprint density at radius 3 is 2.44 bits per heavy atom. The van der Waals surface area contributed by atoms with Crippen molar-refractivity contribution in [1.82, 2.24) is 0 Å². The summed E-state index contributed by atoms with van der Waals surface area (Å²) in [6, 6.07) is 13.9. The summed E-state index contributed by atoms with van der Waals surface area (Å²) in [5.41, 5.74) is 1.10. The molecule has 0 bridgehead atoms. The van der Waals surface area contributed by atoms with Crippen LogP contribution in [0.1, 0.15) is 30.1 Å². The molecule has 132 valence electrons. The third-order valence-electron chi connectivity index (χ3n) is 3.36. The molecule has 25 heavy (non-hydrogen) atoms. The zero-order valence-corrected chi connectivity index (χ0v) is 14.0. The molecule has 0 saturated carbocycles. The molecule has 0 aromatic heterocycles. The van der Waals surface area contributed by atoms with Gasteiger partial charge in [-0.25, -0.2) is 0 Å². The summed E-state index contributed by atoms with van der Waals surface area (Å²) in [6.45, 7) is 2.72. The maximum absolute atomic E-state index is 12.3. The Morgan fingerprint density at radius 2 is 1.76 bits per heavy atom. The second-order valence-corrected chi connectivity index (χ2v) is 5.25. The van der Waals surface area contributed by atoms with E-state index >= 15 is 0 Å². The van der Waals surface area contributed by atoms with E-state index in [2.05, 4.69) is 5.32 Å². The number of hydrogen-bond donors (Lipinski definition) is 2. The normalized spacial score (nSPS) is 10.1. The van der Waals surface area contributed by atoms with Gasteiger partial charge in [-0.1, -0.05) is 12.1 Å². The van der Waals surface area contributed by atoms with E-state index in [0.717, 1.165) is 0 Å². The summed E-state index contributed by atoms with van der Waals surface area (Å²) in [7, 11) is 0. The fourth-order valence-corrected chi connectivity index (χ4v) is 2.16. The van der Waals surface area contributed by atoms with Gasteiger partial charge < -0.3 is 19.9 Å². The van der Waals surface area contributed by atoms with Crippen LogP contribution in [0, 0.1) is 0 Å². The molecule has 2 aromatic carbocycles. The van der Waals surface area contributed by atoms with Crippen LogP contribution in [-0.2, 0) is 4.79 Å². The molecule has 0 fully saturated rings. The minimum absolute atomic E-state index is 0.0692. The van der Waals surface area contributed by atoms with Crippen molar-refractivity contribution in [3.05, 3.63) is 54.1 Å². The number of amides is 1. The van der Waals surface area contributed by atoms with E-state index < -0.39 is 5.97 Å². The molecule has 2 N–H and O–H groups in total. The van der Waals surface area contributed by atoms with Crippen molar-refractivity contribution in [2.75, 3.05) is 18.5 Å². The Kier molecular flexibility index (Phi) is 6.83. The highest BCUT2D eigenvalue weighted by molar-refractivity contribution is 6.05. The number of carbonyl (C=O) groups is 2. The quantitative estimate of drug-likeness (QED) is 0.680. The first-order valence-electron chi connectivity index (χ1n) is 8.08. The van der Waals surface area contributed by atoms with Crippen molar-refractivity contribution in [2.45, 2.75) is 19.8 Å². The molecular formula is C19H21NO5. The van der Waals surface area contributed by atoms with Crippen LogP contribution in [0.4, 0.5) is 5.69 Å². The lowest BCUT2D eigenvalue weighted by molar-refractivity contribution is -0.137. The Bertz CT molecular complexity index is 712. The van der Waals surface area contributed by atoms with Gasteiger partial charge in [-0.2, -0.15) is 0 Å². The number of ether oxygens (including phenoxy) is 2. The van der Waals surface area contributed by atoms with Gasteiger partial charge in [0.25, 0.3) is 5.91 Å². The molecule has 2 aromatic rings. The van der Waals surface area contributed by atoms with Crippen molar-refractivity contribution in [1.29, 1.82) is 0 Å². The first-order valence-corrected chi connectivity index (χ1v) is 8.08. The van der Waals surface area contributed by atoms with Gasteiger partial charge in [0.05, 0.1) is 18.9 Å². The first kappa shape index (κ1) is 18.3. The third kappa shape index (κ3) is 5.84. The standard InChI is InChI=1S/C19H21NO5/c1-2-24-17-7-4-3-6-16(17)20-19(23)14-9-11-15(12-10-14)25-13-5-8-18(21)22/h3-4,6-7,9-12H,2,5,8,13H2,1H3,(H,20,23)(H,21,22). The first-order chi connectivity index (χ1) is 12.1. The number of aliphatic carboxylic acids is 1. The zero-order chi connectivity index (χ0) is 18.1. The van der Waals surface area contributed by atoms with Gasteiger partial charge in [-0.05, 0) is 49.7 Å². The number of carboxylic acids is 1. The maximum Gasteiger partial charge on any atom is 0.303 e. The minimum Gasteiger partial charge on any atom is -0.494 e. The minimum atomic E-state index is -0.844. The van der Waals surface area contributed by atoms with E-state index in [1.807, 2.05) is 19.1 Å². The van der Waals surface area contributed by atoms with Crippen LogP contribution in [-0.4, -0.2) is 30.2 Å². The molecule has 0 spiro atoms.